The number of carbonyl (C=O) groups excluding carboxylic acids is 1. The van der Waals surface area contributed by atoms with Gasteiger partial charge in [-0.3, -0.25) is 4.79 Å². The van der Waals surface area contributed by atoms with Crippen LogP contribution in [0.15, 0.2) is 18.2 Å². The highest BCUT2D eigenvalue weighted by molar-refractivity contribution is 9.10. The summed E-state index contributed by atoms with van der Waals surface area (Å²) in [5.41, 5.74) is 3.75. The molecule has 1 aromatic carbocycles. The van der Waals surface area contributed by atoms with Crippen LogP contribution in [0.1, 0.15) is 23.6 Å². The van der Waals surface area contributed by atoms with E-state index in [4.69, 9.17) is 0 Å². The Labute approximate surface area is 93.7 Å². The highest BCUT2D eigenvalue weighted by Crippen LogP contribution is 2.16. The van der Waals surface area contributed by atoms with Gasteiger partial charge in [-0.15, -0.1) is 0 Å². The fraction of sp³-hybridized carbons (Fsp3) is 0.417. The smallest absolute Gasteiger partial charge is 0.143 e. The molecule has 1 rings (SSSR count). The van der Waals surface area contributed by atoms with Crippen molar-refractivity contribution in [1.82, 2.24) is 0 Å². The summed E-state index contributed by atoms with van der Waals surface area (Å²) in [5, 5.41) is 0. The second kappa shape index (κ2) is 4.74. The van der Waals surface area contributed by atoms with Gasteiger partial charge in [0, 0.05) is 0 Å². The van der Waals surface area contributed by atoms with Gasteiger partial charge in [-0.2, -0.15) is 0 Å². The summed E-state index contributed by atoms with van der Waals surface area (Å²) >= 11 is 3.39. The van der Waals surface area contributed by atoms with Gasteiger partial charge in [-0.05, 0) is 38.3 Å². The molecule has 0 saturated carbocycles. The molecule has 0 aromatic heterocycles. The third-order valence-corrected chi connectivity index (χ3v) is 3.31. The number of carbonyl (C=O) groups is 1. The van der Waals surface area contributed by atoms with Crippen LogP contribution in [0, 0.1) is 13.8 Å². The molecule has 76 valence electrons. The Morgan fingerprint density at radius 3 is 2.64 bits per heavy atom. The number of alkyl halides is 1. The van der Waals surface area contributed by atoms with Crippen molar-refractivity contribution in [3.8, 4) is 0 Å². The molecular formula is C12H15BrO. The van der Waals surface area contributed by atoms with E-state index < -0.39 is 0 Å². The summed E-state index contributed by atoms with van der Waals surface area (Å²) in [4.78, 5) is 11.0. The minimum atomic E-state index is -0.0528. The Kier molecular flexibility index (Phi) is 3.87. The number of rotatable bonds is 3. The van der Waals surface area contributed by atoms with Crippen LogP contribution in [-0.4, -0.2) is 10.6 Å². The quantitative estimate of drug-likeness (QED) is 0.758. The summed E-state index contributed by atoms with van der Waals surface area (Å²) in [5.74, 6) is 0.186. The van der Waals surface area contributed by atoms with Gasteiger partial charge >= 0.3 is 0 Å². The van der Waals surface area contributed by atoms with Crippen LogP contribution in [0.4, 0.5) is 0 Å². The Hall–Kier alpha value is -0.630. The van der Waals surface area contributed by atoms with Crippen LogP contribution in [0.5, 0.6) is 0 Å². The molecule has 0 heterocycles. The van der Waals surface area contributed by atoms with E-state index in [1.54, 1.807) is 6.92 Å². The molecule has 0 spiro atoms. The second-order valence-electron chi connectivity index (χ2n) is 3.71. The largest absolute Gasteiger partial charge is 0.299 e. The number of benzene rings is 1. The zero-order valence-electron chi connectivity index (χ0n) is 8.80. The Balaban J connectivity index is 2.85. The lowest BCUT2D eigenvalue weighted by Crippen LogP contribution is -2.13. The molecule has 0 aliphatic heterocycles. The van der Waals surface area contributed by atoms with Crippen LogP contribution in [-0.2, 0) is 11.2 Å². The molecule has 0 radical (unpaired) electrons. The molecule has 0 bridgehead atoms. The highest BCUT2D eigenvalue weighted by atomic mass is 79.9. The van der Waals surface area contributed by atoms with Crippen molar-refractivity contribution in [2.45, 2.75) is 32.0 Å². The third kappa shape index (κ3) is 2.95. The first kappa shape index (κ1) is 11.4. The Morgan fingerprint density at radius 2 is 2.07 bits per heavy atom. The number of aryl methyl sites for hydroxylation is 2. The monoisotopic (exact) mass is 254 g/mol. The molecule has 1 aromatic rings. The van der Waals surface area contributed by atoms with Crippen LogP contribution in [0.2, 0.25) is 0 Å². The van der Waals surface area contributed by atoms with Crippen LogP contribution in [0.25, 0.3) is 0 Å². The molecule has 0 N–H and O–H groups in total. The van der Waals surface area contributed by atoms with Gasteiger partial charge in [0.25, 0.3) is 0 Å². The first-order chi connectivity index (χ1) is 6.50. The van der Waals surface area contributed by atoms with Crippen molar-refractivity contribution in [2.75, 3.05) is 0 Å². The number of Topliss-reactive ketones (excluding diaryl/α,β-unsaturated/α-hetero) is 1. The number of hydrogen-bond acceptors (Lipinski definition) is 1. The van der Waals surface area contributed by atoms with Gasteiger partial charge in [0.2, 0.25) is 0 Å². The maximum Gasteiger partial charge on any atom is 0.143 e. The van der Waals surface area contributed by atoms with Crippen molar-refractivity contribution in [2.24, 2.45) is 0 Å². The Bertz CT molecular complexity index is 344. The zero-order chi connectivity index (χ0) is 10.7. The summed E-state index contributed by atoms with van der Waals surface area (Å²) in [6.07, 6.45) is 0.781. The van der Waals surface area contributed by atoms with Crippen molar-refractivity contribution in [1.29, 1.82) is 0 Å². The standard InChI is InChI=1S/C12H15BrO/c1-8-4-5-9(2)11(6-8)7-12(13)10(3)14/h4-6,12H,7H2,1-3H3. The molecule has 2 heteroatoms. The average molecular weight is 255 g/mol. The molecule has 0 aliphatic rings. The van der Waals surface area contributed by atoms with E-state index in [2.05, 4.69) is 48.0 Å². The summed E-state index contributed by atoms with van der Waals surface area (Å²) in [7, 11) is 0. The Morgan fingerprint density at radius 1 is 1.43 bits per heavy atom. The molecule has 1 unspecified atom stereocenters. The average Bonchev–Trinajstić information content (AvgIpc) is 2.11. The van der Waals surface area contributed by atoms with E-state index in [-0.39, 0.29) is 10.6 Å². The topological polar surface area (TPSA) is 17.1 Å². The van der Waals surface area contributed by atoms with Crippen LogP contribution < -0.4 is 0 Å². The lowest BCUT2D eigenvalue weighted by atomic mass is 10.0. The van der Waals surface area contributed by atoms with E-state index in [0.717, 1.165) is 6.42 Å². The molecule has 1 nitrogen and oxygen atoms in total. The second-order valence-corrected chi connectivity index (χ2v) is 4.82. The lowest BCUT2D eigenvalue weighted by molar-refractivity contribution is -0.116. The molecule has 0 fully saturated rings. The van der Waals surface area contributed by atoms with Gasteiger partial charge in [-0.25, -0.2) is 0 Å². The van der Waals surface area contributed by atoms with E-state index >= 15 is 0 Å². The van der Waals surface area contributed by atoms with Gasteiger partial charge in [0.15, 0.2) is 0 Å². The first-order valence-corrected chi connectivity index (χ1v) is 5.63. The minimum absolute atomic E-state index is 0.0528. The zero-order valence-corrected chi connectivity index (χ0v) is 10.4. The molecule has 0 amide bonds. The maximum absolute atomic E-state index is 11.1. The van der Waals surface area contributed by atoms with Crippen LogP contribution in [0.3, 0.4) is 0 Å². The fourth-order valence-corrected chi connectivity index (χ4v) is 1.71. The van der Waals surface area contributed by atoms with Crippen molar-refractivity contribution in [3.05, 3.63) is 34.9 Å². The van der Waals surface area contributed by atoms with Crippen LogP contribution >= 0.6 is 15.9 Å². The molecular weight excluding hydrogens is 240 g/mol. The van der Waals surface area contributed by atoms with E-state index in [9.17, 15) is 4.79 Å². The molecule has 0 aliphatic carbocycles. The SMILES string of the molecule is CC(=O)C(Br)Cc1cc(C)ccc1C. The molecule has 0 saturated heterocycles. The molecule has 1 atom stereocenters. The maximum atomic E-state index is 11.1. The molecule has 14 heavy (non-hydrogen) atoms. The van der Waals surface area contributed by atoms with Crippen molar-refractivity contribution < 1.29 is 4.79 Å². The van der Waals surface area contributed by atoms with E-state index in [1.807, 2.05) is 0 Å². The minimum Gasteiger partial charge on any atom is -0.299 e. The van der Waals surface area contributed by atoms with E-state index in [1.165, 1.54) is 16.7 Å². The summed E-state index contributed by atoms with van der Waals surface area (Å²) < 4.78 is 0. The summed E-state index contributed by atoms with van der Waals surface area (Å²) in [6.45, 7) is 5.76. The van der Waals surface area contributed by atoms with Gasteiger partial charge < -0.3 is 0 Å². The third-order valence-electron chi connectivity index (χ3n) is 2.34. The summed E-state index contributed by atoms with van der Waals surface area (Å²) in [6, 6.07) is 6.34. The van der Waals surface area contributed by atoms with Gasteiger partial charge in [-0.1, -0.05) is 39.7 Å². The normalized spacial score (nSPS) is 12.6. The number of hydrogen-bond donors (Lipinski definition) is 0. The fourth-order valence-electron chi connectivity index (χ4n) is 1.36. The number of halogens is 1. The van der Waals surface area contributed by atoms with Gasteiger partial charge in [0.05, 0.1) is 4.83 Å². The van der Waals surface area contributed by atoms with Crippen molar-refractivity contribution >= 4 is 21.7 Å². The predicted molar refractivity (Wildman–Crippen MR) is 63.0 cm³/mol. The highest BCUT2D eigenvalue weighted by Gasteiger charge is 2.11. The predicted octanol–water partition coefficient (Wildman–Crippen LogP) is 3.20. The lowest BCUT2D eigenvalue weighted by Gasteiger charge is -2.09. The van der Waals surface area contributed by atoms with Gasteiger partial charge in [0.1, 0.15) is 5.78 Å². The van der Waals surface area contributed by atoms with E-state index in [0.29, 0.717) is 0 Å². The first-order valence-electron chi connectivity index (χ1n) is 4.71. The number of ketones is 1. The van der Waals surface area contributed by atoms with Crippen molar-refractivity contribution in [3.63, 3.8) is 0 Å².